The fourth-order valence-electron chi connectivity index (χ4n) is 2.03. The molecule has 1 amide bonds. The van der Waals surface area contributed by atoms with Crippen LogP contribution in [0.2, 0.25) is 0 Å². The molecule has 1 rings (SSSR count). The summed E-state index contributed by atoms with van der Waals surface area (Å²) in [7, 11) is 2.10. The Morgan fingerprint density at radius 2 is 2.11 bits per heavy atom. The highest BCUT2D eigenvalue weighted by molar-refractivity contribution is 5.93. The van der Waals surface area contributed by atoms with Crippen molar-refractivity contribution in [3.05, 3.63) is 29.6 Å². The van der Waals surface area contributed by atoms with Gasteiger partial charge in [0.1, 0.15) is 0 Å². The van der Waals surface area contributed by atoms with Crippen molar-refractivity contribution in [3.8, 4) is 0 Å². The van der Waals surface area contributed by atoms with Crippen LogP contribution in [0.15, 0.2) is 18.3 Å². The molecule has 0 bridgehead atoms. The molecule has 0 unspecified atom stereocenters. The first-order valence-corrected chi connectivity index (χ1v) is 6.28. The number of hydrogen-bond donors (Lipinski definition) is 2. The number of carbonyl (C=O) groups is 1. The topological polar surface area (TPSA) is 71.2 Å². The summed E-state index contributed by atoms with van der Waals surface area (Å²) in [5, 5.41) is 0. The number of nitrogen functional groups attached to an aromatic ring is 1. The molecule has 0 spiro atoms. The van der Waals surface area contributed by atoms with E-state index in [0.29, 0.717) is 11.6 Å². The first kappa shape index (κ1) is 14.6. The molecule has 0 atom stereocenters. The van der Waals surface area contributed by atoms with Crippen LogP contribution in [0.1, 0.15) is 42.7 Å². The van der Waals surface area contributed by atoms with Gasteiger partial charge >= 0.3 is 0 Å². The van der Waals surface area contributed by atoms with Gasteiger partial charge in [-0.2, -0.15) is 0 Å². The van der Waals surface area contributed by atoms with E-state index in [9.17, 15) is 4.79 Å². The fourth-order valence-corrected chi connectivity index (χ4v) is 2.03. The van der Waals surface area contributed by atoms with Crippen molar-refractivity contribution in [2.75, 3.05) is 7.05 Å². The van der Waals surface area contributed by atoms with E-state index in [1.807, 2.05) is 6.07 Å². The zero-order valence-corrected chi connectivity index (χ0v) is 11.3. The number of hydrazine groups is 1. The lowest BCUT2D eigenvalue weighted by molar-refractivity contribution is 0.0953. The highest BCUT2D eigenvalue weighted by Gasteiger charge is 2.11. The molecule has 0 aliphatic carbocycles. The number of nitrogens with one attached hydrogen (secondary N) is 1. The average molecular weight is 250 g/mol. The third-order valence-electron chi connectivity index (χ3n) is 3.20. The molecule has 1 heterocycles. The van der Waals surface area contributed by atoms with E-state index in [1.54, 1.807) is 12.3 Å². The Morgan fingerprint density at radius 3 is 2.56 bits per heavy atom. The van der Waals surface area contributed by atoms with Gasteiger partial charge in [0.2, 0.25) is 0 Å². The average Bonchev–Trinajstić information content (AvgIpc) is 2.40. The molecule has 1 aromatic rings. The van der Waals surface area contributed by atoms with E-state index in [0.717, 1.165) is 25.1 Å². The number of nitrogens with two attached hydrogens (primary N) is 1. The minimum absolute atomic E-state index is 0.317. The van der Waals surface area contributed by atoms with E-state index >= 15 is 0 Å². The molecule has 0 aromatic carbocycles. The predicted octanol–water partition coefficient (Wildman–Crippen LogP) is 1.31. The quantitative estimate of drug-likeness (QED) is 0.453. The third kappa shape index (κ3) is 3.78. The molecule has 0 saturated heterocycles. The van der Waals surface area contributed by atoms with E-state index in [1.165, 1.54) is 0 Å². The van der Waals surface area contributed by atoms with Gasteiger partial charge in [-0.25, -0.2) is 5.84 Å². The van der Waals surface area contributed by atoms with Crippen LogP contribution in [-0.2, 0) is 6.54 Å². The number of hydrogen-bond acceptors (Lipinski definition) is 4. The summed E-state index contributed by atoms with van der Waals surface area (Å²) >= 11 is 0. The maximum absolute atomic E-state index is 11.3. The maximum atomic E-state index is 11.3. The second-order valence-electron chi connectivity index (χ2n) is 4.40. The normalized spacial score (nSPS) is 11.0. The van der Waals surface area contributed by atoms with Crippen molar-refractivity contribution in [3.63, 3.8) is 0 Å². The van der Waals surface area contributed by atoms with Crippen LogP contribution < -0.4 is 11.3 Å². The number of pyridine rings is 1. The van der Waals surface area contributed by atoms with Crippen molar-refractivity contribution < 1.29 is 4.79 Å². The number of nitrogens with zero attached hydrogens (tertiary/aromatic N) is 2. The lowest BCUT2D eigenvalue weighted by Gasteiger charge is -2.25. The lowest BCUT2D eigenvalue weighted by atomic mass is 10.1. The summed E-state index contributed by atoms with van der Waals surface area (Å²) in [6, 6.07) is 4.17. The molecule has 100 valence electrons. The number of carbonyl (C=O) groups excluding carboxylic acids is 1. The van der Waals surface area contributed by atoms with E-state index in [-0.39, 0.29) is 5.91 Å². The molecule has 1 aromatic heterocycles. The van der Waals surface area contributed by atoms with Crippen molar-refractivity contribution in [1.29, 1.82) is 0 Å². The predicted molar refractivity (Wildman–Crippen MR) is 71.7 cm³/mol. The molecular formula is C13H22N4O. The summed E-state index contributed by atoms with van der Waals surface area (Å²) in [5.41, 5.74) is 3.52. The molecule has 0 aliphatic rings. The third-order valence-corrected chi connectivity index (χ3v) is 3.20. The number of amides is 1. The minimum atomic E-state index is -0.317. The van der Waals surface area contributed by atoms with Gasteiger partial charge in [0.25, 0.3) is 5.91 Å². The highest BCUT2D eigenvalue weighted by atomic mass is 16.2. The monoisotopic (exact) mass is 250 g/mol. The molecule has 18 heavy (non-hydrogen) atoms. The van der Waals surface area contributed by atoms with Crippen LogP contribution in [0.25, 0.3) is 0 Å². The maximum Gasteiger partial charge on any atom is 0.266 e. The van der Waals surface area contributed by atoms with Gasteiger partial charge in [-0.3, -0.25) is 20.1 Å². The summed E-state index contributed by atoms with van der Waals surface area (Å²) in [6.45, 7) is 5.16. The zero-order valence-electron chi connectivity index (χ0n) is 11.3. The number of rotatable bonds is 6. The SMILES string of the molecule is CCC(CC)N(C)Cc1ccc(C(=O)NN)cn1. The zero-order chi connectivity index (χ0) is 13.5. The van der Waals surface area contributed by atoms with E-state index < -0.39 is 0 Å². The molecule has 3 N–H and O–H groups in total. The molecule has 5 nitrogen and oxygen atoms in total. The van der Waals surface area contributed by atoms with Gasteiger partial charge in [0, 0.05) is 18.8 Å². The molecule has 0 aliphatic heterocycles. The summed E-state index contributed by atoms with van der Waals surface area (Å²) < 4.78 is 0. The van der Waals surface area contributed by atoms with Crippen LogP contribution in [-0.4, -0.2) is 28.9 Å². The van der Waals surface area contributed by atoms with Gasteiger partial charge in [-0.1, -0.05) is 13.8 Å². The van der Waals surface area contributed by atoms with E-state index in [4.69, 9.17) is 5.84 Å². The van der Waals surface area contributed by atoms with Crippen molar-refractivity contribution in [2.24, 2.45) is 5.84 Å². The Labute approximate surface area is 108 Å². The van der Waals surface area contributed by atoms with Crippen molar-refractivity contribution >= 4 is 5.91 Å². The molecule has 0 radical (unpaired) electrons. The van der Waals surface area contributed by atoms with Gasteiger partial charge < -0.3 is 0 Å². The second-order valence-corrected chi connectivity index (χ2v) is 4.40. The highest BCUT2D eigenvalue weighted by Crippen LogP contribution is 2.10. The van der Waals surface area contributed by atoms with Crippen molar-refractivity contribution in [2.45, 2.75) is 39.3 Å². The minimum Gasteiger partial charge on any atom is -0.298 e. The molecular weight excluding hydrogens is 228 g/mol. The van der Waals surface area contributed by atoms with Gasteiger partial charge in [0.05, 0.1) is 11.3 Å². The Bertz CT molecular complexity index is 373. The largest absolute Gasteiger partial charge is 0.298 e. The van der Waals surface area contributed by atoms with Gasteiger partial charge in [-0.15, -0.1) is 0 Å². The lowest BCUT2D eigenvalue weighted by Crippen LogP contribution is -2.31. The molecule has 5 heteroatoms. The summed E-state index contributed by atoms with van der Waals surface area (Å²) in [5.74, 6) is 4.75. The fraction of sp³-hybridized carbons (Fsp3) is 0.538. The second kappa shape index (κ2) is 7.08. The summed E-state index contributed by atoms with van der Waals surface area (Å²) in [6.07, 6.45) is 3.81. The Kier molecular flexibility index (Phi) is 5.74. The van der Waals surface area contributed by atoms with Crippen LogP contribution in [0.4, 0.5) is 0 Å². The first-order valence-electron chi connectivity index (χ1n) is 6.28. The van der Waals surface area contributed by atoms with Crippen LogP contribution in [0, 0.1) is 0 Å². The summed E-state index contributed by atoms with van der Waals surface area (Å²) in [4.78, 5) is 17.8. The van der Waals surface area contributed by atoms with Gasteiger partial charge in [0.15, 0.2) is 0 Å². The van der Waals surface area contributed by atoms with Crippen molar-refractivity contribution in [1.82, 2.24) is 15.3 Å². The van der Waals surface area contributed by atoms with Crippen LogP contribution in [0.5, 0.6) is 0 Å². The first-order chi connectivity index (χ1) is 8.62. The van der Waals surface area contributed by atoms with Crippen LogP contribution in [0.3, 0.4) is 0 Å². The smallest absolute Gasteiger partial charge is 0.266 e. The Hall–Kier alpha value is -1.46. The Balaban J connectivity index is 2.66. The van der Waals surface area contributed by atoms with Gasteiger partial charge in [-0.05, 0) is 32.0 Å². The molecule has 0 saturated carbocycles. The Morgan fingerprint density at radius 1 is 1.44 bits per heavy atom. The molecule has 0 fully saturated rings. The standard InChI is InChI=1S/C13H22N4O/c1-4-12(5-2)17(3)9-11-7-6-10(8-15-11)13(18)16-14/h6-8,12H,4-5,9,14H2,1-3H3,(H,16,18). The van der Waals surface area contributed by atoms with E-state index in [2.05, 4.69) is 36.2 Å². The number of aromatic nitrogens is 1. The van der Waals surface area contributed by atoms with Crippen LogP contribution >= 0.6 is 0 Å².